The molecular weight excluding hydrogens is 167 g/mol. The van der Waals surface area contributed by atoms with Crippen LogP contribution in [0.2, 0.25) is 0 Å². The number of hydrogen-bond donors (Lipinski definition) is 1. The van der Waals surface area contributed by atoms with Crippen molar-refractivity contribution in [1.29, 1.82) is 0 Å². The van der Waals surface area contributed by atoms with Gasteiger partial charge in [-0.25, -0.2) is 4.79 Å². The predicted molar refractivity (Wildman–Crippen MR) is 41.5 cm³/mol. The molecule has 0 aliphatic carbocycles. The molecule has 0 aromatic rings. The zero-order chi connectivity index (χ0) is 8.85. The Morgan fingerprint density at radius 2 is 2.27 bits per heavy atom. The molecule has 0 aromatic carbocycles. The molecule has 0 radical (unpaired) electrons. The van der Waals surface area contributed by atoms with Crippen molar-refractivity contribution in [1.82, 2.24) is 0 Å². The van der Waals surface area contributed by atoms with E-state index >= 15 is 0 Å². The van der Waals surface area contributed by atoms with E-state index in [0.717, 1.165) is 0 Å². The topological polar surface area (TPSA) is 63.6 Å². The Hall–Kier alpha value is -0.860. The molecule has 0 rings (SSSR count). The second-order valence-electron chi connectivity index (χ2n) is 1.67. The van der Waals surface area contributed by atoms with Crippen LogP contribution >= 0.6 is 8.03 Å². The fourth-order valence-corrected chi connectivity index (χ4v) is 0.556. The zero-order valence-corrected chi connectivity index (χ0v) is 6.87. The maximum Gasteiger partial charge on any atom is 0.343 e. The highest BCUT2D eigenvalue weighted by molar-refractivity contribution is 7.44. The van der Waals surface area contributed by atoms with Crippen LogP contribution < -0.4 is 0 Å². The summed E-state index contributed by atoms with van der Waals surface area (Å²) < 4.78 is 14.7. The summed E-state index contributed by atoms with van der Waals surface area (Å²) in [6.07, 6.45) is 1.36. The smallest absolute Gasteiger partial charge is 0.343 e. The molecule has 0 heterocycles. The molecule has 1 N–H and O–H groups in total. The summed E-state index contributed by atoms with van der Waals surface area (Å²) in [6, 6.07) is 0. The van der Waals surface area contributed by atoms with Crippen molar-refractivity contribution in [3.8, 4) is 0 Å². The quantitative estimate of drug-likeness (QED) is 0.296. The van der Waals surface area contributed by atoms with Gasteiger partial charge in [0, 0.05) is 0 Å². The average molecular weight is 176 g/mol. The summed E-state index contributed by atoms with van der Waals surface area (Å²) in [7, 11) is -2.99. The fourth-order valence-electron chi connectivity index (χ4n) is 0.309. The molecule has 0 saturated heterocycles. The highest BCUT2D eigenvalue weighted by Crippen LogP contribution is 2.25. The van der Waals surface area contributed by atoms with Crippen molar-refractivity contribution in [2.75, 3.05) is 6.61 Å². The monoisotopic (exact) mass is 176 g/mol. The van der Waals surface area contributed by atoms with Crippen LogP contribution in [0.1, 0.15) is 0 Å². The third-order valence-electron chi connectivity index (χ3n) is 0.837. The van der Waals surface area contributed by atoms with Crippen LogP contribution in [0, 0.1) is 0 Å². The highest BCUT2D eigenvalue weighted by Gasteiger charge is 2.11. The van der Waals surface area contributed by atoms with Gasteiger partial charge in [-0.15, -0.1) is 0 Å². The first-order valence-corrected chi connectivity index (χ1v) is 4.15. The van der Waals surface area contributed by atoms with Crippen LogP contribution in [-0.4, -0.2) is 17.5 Å². The summed E-state index contributed by atoms with van der Waals surface area (Å²) in [5.74, 6) is -0.851. The van der Waals surface area contributed by atoms with E-state index in [4.69, 9.17) is 4.89 Å². The van der Waals surface area contributed by atoms with E-state index in [9.17, 15) is 9.36 Å². The average Bonchev–Trinajstić information content (AvgIpc) is 1.98. The Kier molecular flexibility index (Phi) is 4.50. The first-order chi connectivity index (χ1) is 5.09. The molecule has 0 amide bonds. The molecule has 11 heavy (non-hydrogen) atoms. The molecule has 4 nitrogen and oxygen atoms in total. The van der Waals surface area contributed by atoms with Gasteiger partial charge in [0.1, 0.15) is 11.9 Å². The second kappa shape index (κ2) is 4.88. The third kappa shape index (κ3) is 3.75. The third-order valence-corrected chi connectivity index (χ3v) is 1.56. The predicted octanol–water partition coefficient (Wildman–Crippen LogP) is 0.696. The first-order valence-electron chi connectivity index (χ1n) is 2.79. The van der Waals surface area contributed by atoms with E-state index in [1.54, 1.807) is 0 Å². The largest absolute Gasteiger partial charge is 0.458 e. The van der Waals surface area contributed by atoms with Crippen LogP contribution in [0.15, 0.2) is 24.5 Å². The molecule has 5 heteroatoms. The lowest BCUT2D eigenvalue weighted by atomic mass is 10.6. The number of hydrogen-bond acceptors (Lipinski definition) is 3. The normalized spacial score (nSPS) is 11.7. The Bertz CT molecular complexity index is 209. The van der Waals surface area contributed by atoms with Gasteiger partial charge >= 0.3 is 5.97 Å². The van der Waals surface area contributed by atoms with Crippen LogP contribution in [0.4, 0.5) is 0 Å². The van der Waals surface area contributed by atoms with E-state index in [-0.39, 0.29) is 6.61 Å². The maximum atomic E-state index is 10.6. The Morgan fingerprint density at radius 3 is 2.64 bits per heavy atom. The van der Waals surface area contributed by atoms with Crippen molar-refractivity contribution in [2.45, 2.75) is 0 Å². The van der Waals surface area contributed by atoms with Gasteiger partial charge in [-0.3, -0.25) is 4.57 Å². The van der Waals surface area contributed by atoms with E-state index in [0.29, 0.717) is 0 Å². The van der Waals surface area contributed by atoms with Crippen LogP contribution in [0.3, 0.4) is 0 Å². The summed E-state index contributed by atoms with van der Waals surface area (Å²) in [5.41, 5.74) is 0. The number of carbonyl (C=O) groups is 1. The number of esters is 1. The molecule has 0 spiro atoms. The maximum absolute atomic E-state index is 10.6. The summed E-state index contributed by atoms with van der Waals surface area (Å²) in [4.78, 5) is 19.1. The van der Waals surface area contributed by atoms with Crippen LogP contribution in [0.5, 0.6) is 0 Å². The van der Waals surface area contributed by atoms with E-state index < -0.39 is 19.3 Å². The molecule has 0 fully saturated rings. The molecule has 0 saturated carbocycles. The van der Waals surface area contributed by atoms with Crippen molar-refractivity contribution < 1.29 is 19.0 Å². The van der Waals surface area contributed by atoms with Gasteiger partial charge in [-0.2, -0.15) is 0 Å². The molecular formula is C6H9O4P. The standard InChI is InChI=1S/C6H9O4P/c1-3-4-10-6(7)5(2)11(8)9/h3,11H,1-2,4H2,(H,8,9). The molecule has 62 valence electrons. The summed E-state index contributed by atoms with van der Waals surface area (Å²) >= 11 is 0. The van der Waals surface area contributed by atoms with Crippen molar-refractivity contribution in [3.05, 3.63) is 24.5 Å². The lowest BCUT2D eigenvalue weighted by Gasteiger charge is -2.00. The van der Waals surface area contributed by atoms with Gasteiger partial charge in [-0.1, -0.05) is 19.2 Å². The second-order valence-corrected chi connectivity index (χ2v) is 2.88. The molecule has 1 atom stereocenters. The molecule has 0 aliphatic rings. The van der Waals surface area contributed by atoms with Gasteiger partial charge < -0.3 is 9.63 Å². The van der Waals surface area contributed by atoms with Crippen molar-refractivity contribution >= 4 is 14.0 Å². The number of rotatable bonds is 4. The van der Waals surface area contributed by atoms with Gasteiger partial charge in [0.2, 0.25) is 8.03 Å². The minimum Gasteiger partial charge on any atom is -0.458 e. The van der Waals surface area contributed by atoms with Crippen molar-refractivity contribution in [3.63, 3.8) is 0 Å². The number of carbonyl (C=O) groups excluding carboxylic acids is 1. The zero-order valence-electron chi connectivity index (χ0n) is 5.87. The van der Waals surface area contributed by atoms with Gasteiger partial charge in [0.25, 0.3) is 0 Å². The summed E-state index contributed by atoms with van der Waals surface area (Å²) in [5, 5.41) is -0.392. The lowest BCUT2D eigenvalue weighted by molar-refractivity contribution is -0.137. The van der Waals surface area contributed by atoms with E-state index in [1.165, 1.54) is 6.08 Å². The van der Waals surface area contributed by atoms with Crippen LogP contribution in [0.25, 0.3) is 0 Å². The summed E-state index contributed by atoms with van der Waals surface area (Å²) in [6.45, 7) is 6.40. The lowest BCUT2D eigenvalue weighted by Crippen LogP contribution is -2.04. The molecule has 1 unspecified atom stereocenters. The van der Waals surface area contributed by atoms with E-state index in [2.05, 4.69) is 17.9 Å². The van der Waals surface area contributed by atoms with E-state index in [1.807, 2.05) is 0 Å². The minimum atomic E-state index is -2.99. The molecule has 0 aliphatic heterocycles. The van der Waals surface area contributed by atoms with Gasteiger partial charge in [0.15, 0.2) is 0 Å². The molecule has 0 bridgehead atoms. The van der Waals surface area contributed by atoms with Gasteiger partial charge in [-0.05, 0) is 0 Å². The fraction of sp³-hybridized carbons (Fsp3) is 0.167. The Balaban J connectivity index is 3.94. The SMILES string of the molecule is C=CCOC(=O)C(=C)[PH](=O)O. The molecule has 0 aromatic heterocycles. The first kappa shape index (κ1) is 10.1. The Labute approximate surface area is 65.0 Å². The Morgan fingerprint density at radius 1 is 1.73 bits per heavy atom. The van der Waals surface area contributed by atoms with Gasteiger partial charge in [0.05, 0.1) is 0 Å². The van der Waals surface area contributed by atoms with Crippen LogP contribution in [-0.2, 0) is 14.1 Å². The highest BCUT2D eigenvalue weighted by atomic mass is 31.1. The van der Waals surface area contributed by atoms with Crippen molar-refractivity contribution in [2.24, 2.45) is 0 Å². The number of ether oxygens (including phenoxy) is 1. The minimum absolute atomic E-state index is 0.0208.